The third-order valence-electron chi connectivity index (χ3n) is 5.62. The standard InChI is InChI=1S/C21H22N6O/c1-14-11-26-12-19(22-10-20(26)24-14)15-3-4-17-18(9-15)23-13-27(21(17)28)16-5-7-25(2)8-6-16/h3-4,9-13,16H,5-8H2,1-2H3. The number of rotatable bonds is 2. The average molecular weight is 374 g/mol. The molecule has 28 heavy (non-hydrogen) atoms. The maximum atomic E-state index is 13.0. The highest BCUT2D eigenvalue weighted by Gasteiger charge is 2.20. The molecule has 1 aromatic carbocycles. The summed E-state index contributed by atoms with van der Waals surface area (Å²) < 4.78 is 3.78. The van der Waals surface area contributed by atoms with Crippen molar-refractivity contribution in [3.63, 3.8) is 0 Å². The molecule has 4 heterocycles. The predicted octanol–water partition coefficient (Wildman–Crippen LogP) is 2.68. The zero-order valence-corrected chi connectivity index (χ0v) is 16.0. The lowest BCUT2D eigenvalue weighted by Gasteiger charge is -2.30. The highest BCUT2D eigenvalue weighted by Crippen LogP contribution is 2.23. The fourth-order valence-electron chi connectivity index (χ4n) is 4.00. The van der Waals surface area contributed by atoms with Gasteiger partial charge in [0, 0.05) is 24.0 Å². The first-order chi connectivity index (χ1) is 13.6. The van der Waals surface area contributed by atoms with Crippen molar-refractivity contribution >= 4 is 16.6 Å². The van der Waals surface area contributed by atoms with E-state index in [1.54, 1.807) is 12.5 Å². The lowest BCUT2D eigenvalue weighted by molar-refractivity contribution is 0.218. The van der Waals surface area contributed by atoms with E-state index in [0.29, 0.717) is 10.9 Å². The quantitative estimate of drug-likeness (QED) is 0.540. The number of imidazole rings is 1. The molecule has 0 amide bonds. The number of piperidine rings is 1. The van der Waals surface area contributed by atoms with Crippen LogP contribution in [0.15, 0.2) is 47.9 Å². The van der Waals surface area contributed by atoms with Crippen molar-refractivity contribution in [3.05, 3.63) is 59.2 Å². The fourth-order valence-corrected chi connectivity index (χ4v) is 4.00. The maximum Gasteiger partial charge on any atom is 0.261 e. The molecule has 0 bridgehead atoms. The minimum atomic E-state index is 0.0414. The van der Waals surface area contributed by atoms with E-state index in [1.807, 2.05) is 46.5 Å². The molecule has 0 atom stereocenters. The van der Waals surface area contributed by atoms with Gasteiger partial charge in [-0.1, -0.05) is 6.07 Å². The van der Waals surface area contributed by atoms with Crippen LogP contribution in [0.2, 0.25) is 0 Å². The van der Waals surface area contributed by atoms with Crippen molar-refractivity contribution < 1.29 is 0 Å². The first-order valence-electron chi connectivity index (χ1n) is 9.60. The molecule has 0 unspecified atom stereocenters. The molecule has 0 N–H and O–H groups in total. The van der Waals surface area contributed by atoms with Crippen LogP contribution in [-0.4, -0.2) is 49.0 Å². The van der Waals surface area contributed by atoms with E-state index < -0.39 is 0 Å². The first kappa shape index (κ1) is 17.1. The average Bonchev–Trinajstić information content (AvgIpc) is 3.08. The van der Waals surface area contributed by atoms with Crippen LogP contribution in [0.4, 0.5) is 0 Å². The van der Waals surface area contributed by atoms with Crippen LogP contribution in [0.3, 0.4) is 0 Å². The van der Waals surface area contributed by atoms with Gasteiger partial charge in [-0.15, -0.1) is 0 Å². The molecule has 4 aromatic rings. The summed E-state index contributed by atoms with van der Waals surface area (Å²) >= 11 is 0. The molecule has 142 valence electrons. The Labute approximate surface area is 162 Å². The highest BCUT2D eigenvalue weighted by molar-refractivity contribution is 5.82. The summed E-state index contributed by atoms with van der Waals surface area (Å²) in [5.41, 5.74) is 4.28. The molecule has 3 aromatic heterocycles. The molecule has 7 nitrogen and oxygen atoms in total. The SMILES string of the molecule is Cc1cn2cc(-c3ccc4c(=O)n(C5CCN(C)CC5)cnc4c3)ncc2n1. The summed E-state index contributed by atoms with van der Waals surface area (Å²) in [6.07, 6.45) is 9.36. The Kier molecular flexibility index (Phi) is 3.98. The summed E-state index contributed by atoms with van der Waals surface area (Å²) in [7, 11) is 2.12. The van der Waals surface area contributed by atoms with Crippen LogP contribution in [0.5, 0.6) is 0 Å². The molecular weight excluding hydrogens is 352 g/mol. The Morgan fingerprint density at radius 2 is 1.93 bits per heavy atom. The van der Waals surface area contributed by atoms with Crippen molar-refractivity contribution in [2.24, 2.45) is 0 Å². The molecule has 0 saturated carbocycles. The van der Waals surface area contributed by atoms with Crippen molar-refractivity contribution in [1.82, 2.24) is 28.8 Å². The van der Waals surface area contributed by atoms with E-state index in [4.69, 9.17) is 0 Å². The van der Waals surface area contributed by atoms with Gasteiger partial charge in [0.15, 0.2) is 5.65 Å². The first-order valence-corrected chi connectivity index (χ1v) is 9.60. The Hall–Kier alpha value is -3.06. The molecule has 0 aliphatic carbocycles. The molecule has 5 rings (SSSR count). The third kappa shape index (κ3) is 2.88. The topological polar surface area (TPSA) is 68.3 Å². The van der Waals surface area contributed by atoms with Crippen LogP contribution in [0, 0.1) is 6.92 Å². The Bertz CT molecular complexity index is 1230. The van der Waals surface area contributed by atoms with Crippen LogP contribution in [0.25, 0.3) is 27.8 Å². The van der Waals surface area contributed by atoms with E-state index in [-0.39, 0.29) is 11.6 Å². The Morgan fingerprint density at radius 3 is 2.75 bits per heavy atom. The van der Waals surface area contributed by atoms with Gasteiger partial charge in [-0.25, -0.2) is 9.97 Å². The van der Waals surface area contributed by atoms with Gasteiger partial charge in [0.25, 0.3) is 5.56 Å². The minimum Gasteiger partial charge on any atom is -0.306 e. The van der Waals surface area contributed by atoms with Crippen LogP contribution < -0.4 is 5.56 Å². The number of aromatic nitrogens is 5. The molecule has 1 saturated heterocycles. The second-order valence-electron chi connectivity index (χ2n) is 7.64. The van der Waals surface area contributed by atoms with Crippen molar-refractivity contribution in [2.45, 2.75) is 25.8 Å². The van der Waals surface area contributed by atoms with Crippen molar-refractivity contribution in [1.29, 1.82) is 0 Å². The zero-order valence-electron chi connectivity index (χ0n) is 16.0. The van der Waals surface area contributed by atoms with Crippen LogP contribution in [0.1, 0.15) is 24.6 Å². The fraction of sp³-hybridized carbons (Fsp3) is 0.333. The number of nitrogens with zero attached hydrogens (tertiary/aromatic N) is 6. The van der Waals surface area contributed by atoms with E-state index >= 15 is 0 Å². The lowest BCUT2D eigenvalue weighted by atomic mass is 10.0. The molecule has 0 radical (unpaired) electrons. The number of aryl methyl sites for hydroxylation is 1. The second-order valence-corrected chi connectivity index (χ2v) is 7.64. The van der Waals surface area contributed by atoms with Crippen LogP contribution in [-0.2, 0) is 0 Å². The third-order valence-corrected chi connectivity index (χ3v) is 5.62. The molecule has 1 aliphatic rings. The van der Waals surface area contributed by atoms with E-state index in [1.165, 1.54) is 0 Å². The van der Waals surface area contributed by atoms with Gasteiger partial charge < -0.3 is 9.30 Å². The number of fused-ring (bicyclic) bond motifs is 2. The Balaban J connectivity index is 1.54. The monoisotopic (exact) mass is 374 g/mol. The predicted molar refractivity (Wildman–Crippen MR) is 108 cm³/mol. The Morgan fingerprint density at radius 1 is 1.11 bits per heavy atom. The number of likely N-dealkylation sites (tertiary alicyclic amines) is 1. The van der Waals surface area contributed by atoms with Gasteiger partial charge >= 0.3 is 0 Å². The number of benzene rings is 1. The van der Waals surface area contributed by atoms with Gasteiger partial charge in [0.1, 0.15) is 0 Å². The molecule has 0 spiro atoms. The second kappa shape index (κ2) is 6.53. The lowest BCUT2D eigenvalue weighted by Crippen LogP contribution is -2.35. The smallest absolute Gasteiger partial charge is 0.261 e. The van der Waals surface area contributed by atoms with Gasteiger partial charge in [-0.05, 0) is 52.0 Å². The van der Waals surface area contributed by atoms with Crippen molar-refractivity contribution in [3.8, 4) is 11.3 Å². The van der Waals surface area contributed by atoms with Crippen molar-refractivity contribution in [2.75, 3.05) is 20.1 Å². The number of hydrogen-bond donors (Lipinski definition) is 0. The summed E-state index contributed by atoms with van der Waals surface area (Å²) in [4.78, 5) is 28.8. The number of hydrogen-bond acceptors (Lipinski definition) is 5. The molecule has 1 aliphatic heterocycles. The van der Waals surface area contributed by atoms with Crippen LogP contribution >= 0.6 is 0 Å². The van der Waals surface area contributed by atoms with Gasteiger partial charge in [0.05, 0.1) is 34.8 Å². The highest BCUT2D eigenvalue weighted by atomic mass is 16.1. The summed E-state index contributed by atoms with van der Waals surface area (Å²) in [5, 5.41) is 0.657. The molecule has 7 heteroatoms. The summed E-state index contributed by atoms with van der Waals surface area (Å²) in [6, 6.07) is 5.99. The minimum absolute atomic E-state index is 0.0414. The van der Waals surface area contributed by atoms with E-state index in [0.717, 1.165) is 48.5 Å². The molecule has 1 fully saturated rings. The van der Waals surface area contributed by atoms with E-state index in [9.17, 15) is 4.79 Å². The molecular formula is C21H22N6O. The summed E-state index contributed by atoms with van der Waals surface area (Å²) in [6.45, 7) is 3.98. The zero-order chi connectivity index (χ0) is 19.3. The van der Waals surface area contributed by atoms with E-state index in [2.05, 4.69) is 26.9 Å². The largest absolute Gasteiger partial charge is 0.306 e. The maximum absolute atomic E-state index is 13.0. The van der Waals surface area contributed by atoms with Gasteiger partial charge in [-0.2, -0.15) is 0 Å². The van der Waals surface area contributed by atoms with Gasteiger partial charge in [0.2, 0.25) is 0 Å². The summed E-state index contributed by atoms with van der Waals surface area (Å²) in [5.74, 6) is 0. The normalized spacial score (nSPS) is 16.2. The van der Waals surface area contributed by atoms with Gasteiger partial charge in [-0.3, -0.25) is 14.3 Å².